The van der Waals surface area contributed by atoms with Gasteiger partial charge in [-0.15, -0.1) is 20.5 Å². The van der Waals surface area contributed by atoms with Crippen molar-refractivity contribution in [2.75, 3.05) is 46.6 Å². The lowest BCUT2D eigenvalue weighted by molar-refractivity contribution is 0.480. The molecule has 0 radical (unpaired) electrons. The minimum absolute atomic E-state index is 0.0641. The number of aromatic nitrogens is 7. The molecule has 5 aromatic carbocycles. The minimum Gasteiger partial charge on any atom is -0.372 e. The van der Waals surface area contributed by atoms with E-state index in [0.29, 0.717) is 119 Å². The molecule has 0 saturated heterocycles. The summed E-state index contributed by atoms with van der Waals surface area (Å²) < 4.78 is 121. The number of fused-ring (bicyclic) bond motifs is 2. The van der Waals surface area contributed by atoms with E-state index in [-0.39, 0.29) is 37.5 Å². The third kappa shape index (κ3) is 13.1. The van der Waals surface area contributed by atoms with Gasteiger partial charge in [-0.2, -0.15) is 57.7 Å². The highest BCUT2D eigenvalue weighted by atomic mass is 32.2. The van der Waals surface area contributed by atoms with Crippen molar-refractivity contribution in [1.29, 1.82) is 0 Å². The van der Waals surface area contributed by atoms with Crippen molar-refractivity contribution in [3.8, 4) is 22.5 Å². The van der Waals surface area contributed by atoms with E-state index in [1.807, 2.05) is 52.0 Å². The fourth-order valence-corrected chi connectivity index (χ4v) is 14.8. The molecule has 0 fully saturated rings. The highest BCUT2D eigenvalue weighted by Crippen LogP contribution is 2.45. The van der Waals surface area contributed by atoms with E-state index in [9.17, 15) is 38.9 Å². The Morgan fingerprint density at radius 2 is 0.988 bits per heavy atom. The molecule has 5 aromatic heterocycles. The molecule has 10 rings (SSSR count). The fraction of sp³-hybridized carbons (Fsp3) is 0.212. The Balaban J connectivity index is 1.05. The predicted octanol–water partition coefficient (Wildman–Crippen LogP) is 14.0. The Hall–Kier alpha value is -7.37. The number of hydrogen-bond donors (Lipinski definition) is 5. The number of rotatable bonds is 22. The number of aryl methyl sites for hydroxylation is 2. The zero-order chi connectivity index (χ0) is 59.7. The van der Waals surface area contributed by atoms with Crippen molar-refractivity contribution in [2.24, 2.45) is 20.5 Å². The number of nitrogens with zero attached hydrogens (tertiary/aromatic N) is 13. The number of thioether (sulfide) groups is 1. The Kier molecular flexibility index (Phi) is 17.6. The first-order valence-corrected chi connectivity index (χ1v) is 33.8. The van der Waals surface area contributed by atoms with Crippen LogP contribution in [0, 0.1) is 13.8 Å². The van der Waals surface area contributed by atoms with Crippen LogP contribution in [-0.4, -0.2) is 97.5 Å². The Morgan fingerprint density at radius 3 is 1.42 bits per heavy atom. The molecule has 434 valence electrons. The molecule has 0 spiro atoms. The largest absolute Gasteiger partial charge is 0.372 e. The first kappa shape index (κ1) is 59.8. The van der Waals surface area contributed by atoms with Crippen LogP contribution in [0.3, 0.4) is 0 Å². The Bertz CT molecular complexity index is 4320. The van der Waals surface area contributed by atoms with Gasteiger partial charge in [0.25, 0.3) is 30.4 Å². The maximum atomic E-state index is 12.3. The van der Waals surface area contributed by atoms with Crippen molar-refractivity contribution in [1.82, 2.24) is 32.4 Å². The first-order chi connectivity index (χ1) is 40.1. The molecule has 0 saturated carbocycles. The maximum absolute atomic E-state index is 12.3. The van der Waals surface area contributed by atoms with E-state index < -0.39 is 30.4 Å². The van der Waals surface area contributed by atoms with Crippen LogP contribution in [0.15, 0.2) is 137 Å². The lowest BCUT2D eigenvalue weighted by atomic mass is 10.1. The number of benzene rings is 5. The standard InChI is InChI=1S/C52H49N15O9S8/c1-7-66(8-2)33-18-20-36(58-60-46-42-44(62-80-48(42)64-78-46)31-16-14-28(5)40(23-31)83(71,72)73)38(25-33)53-50-55-51(57-52(56-50)77-27-30-12-11-13-35(22-30)82(68,69)70)54-39-26-34(67(9-3)10-4)19-21-37(39)59-61-47-43-45(63-81-49(43)65-79-47)32-17-15-29(6)41(24-32)84(74,75)76/h11-26H,7-10,27H2,1-6H3,(H,68,69,70)(H,71,72,73)(H,74,75,76)(H2,53,54,55,56,57)/b60-58+,61-59+. The highest BCUT2D eigenvalue weighted by molar-refractivity contribution is 7.98. The number of nitrogens with one attached hydrogen (secondary N) is 2. The molecule has 0 amide bonds. The lowest BCUT2D eigenvalue weighted by Gasteiger charge is -2.22. The summed E-state index contributed by atoms with van der Waals surface area (Å²) in [5.41, 5.74) is 6.26. The first-order valence-electron chi connectivity index (χ1n) is 25.4. The van der Waals surface area contributed by atoms with Crippen LogP contribution in [0.1, 0.15) is 44.4 Å². The number of hydrogen-bond acceptors (Lipinski definition) is 26. The smallest absolute Gasteiger partial charge is 0.294 e. The van der Waals surface area contributed by atoms with Gasteiger partial charge in [0.1, 0.15) is 11.4 Å². The third-order valence-corrected chi connectivity index (χ3v) is 20.0. The molecule has 0 unspecified atom stereocenters. The zero-order valence-corrected chi connectivity index (χ0v) is 51.7. The summed E-state index contributed by atoms with van der Waals surface area (Å²) in [5, 5.41) is 27.6. The van der Waals surface area contributed by atoms with Crippen molar-refractivity contribution >= 4 is 165 Å². The number of anilines is 6. The maximum Gasteiger partial charge on any atom is 0.294 e. The van der Waals surface area contributed by atoms with Gasteiger partial charge in [-0.1, -0.05) is 48.2 Å². The van der Waals surface area contributed by atoms with Gasteiger partial charge in [-0.3, -0.25) is 13.7 Å². The number of azo groups is 2. The third-order valence-electron chi connectivity index (χ3n) is 13.1. The molecule has 10 aromatic rings. The molecule has 0 bridgehead atoms. The van der Waals surface area contributed by atoms with Crippen LogP contribution in [0.5, 0.6) is 0 Å². The van der Waals surface area contributed by atoms with Gasteiger partial charge in [0.05, 0.1) is 48.2 Å². The quantitative estimate of drug-likeness (QED) is 0.0239. The van der Waals surface area contributed by atoms with Crippen LogP contribution < -0.4 is 20.4 Å². The van der Waals surface area contributed by atoms with Gasteiger partial charge >= 0.3 is 0 Å². The summed E-state index contributed by atoms with van der Waals surface area (Å²) >= 11 is 5.55. The van der Waals surface area contributed by atoms with E-state index in [4.69, 9.17) is 25.2 Å². The monoisotopic (exact) mass is 1280 g/mol. The molecular formula is C52H49N15O9S8. The average Bonchev–Trinajstić information content (AvgIpc) is 2.12. The minimum atomic E-state index is -4.54. The van der Waals surface area contributed by atoms with Crippen molar-refractivity contribution in [3.63, 3.8) is 0 Å². The van der Waals surface area contributed by atoms with Gasteiger partial charge in [-0.05, 0) is 165 Å². The Morgan fingerprint density at radius 1 is 0.524 bits per heavy atom. The van der Waals surface area contributed by atoms with Crippen LogP contribution in [-0.2, 0) is 36.1 Å². The second kappa shape index (κ2) is 24.7. The van der Waals surface area contributed by atoms with E-state index in [2.05, 4.69) is 48.2 Å². The van der Waals surface area contributed by atoms with E-state index in [1.54, 1.807) is 56.3 Å². The van der Waals surface area contributed by atoms with Crippen LogP contribution >= 0.6 is 57.9 Å². The topological polar surface area (TPSA) is 333 Å². The summed E-state index contributed by atoms with van der Waals surface area (Å²) in [5.74, 6) is 0.300. The molecule has 5 heterocycles. The fourth-order valence-electron chi connectivity index (χ4n) is 8.82. The van der Waals surface area contributed by atoms with Gasteiger partial charge in [-0.25, -0.2) is 0 Å². The molecule has 24 nitrogen and oxygen atoms in total. The average molecular weight is 1280 g/mol. The van der Waals surface area contributed by atoms with Crippen molar-refractivity contribution < 1.29 is 38.9 Å². The van der Waals surface area contributed by atoms with E-state index in [0.717, 1.165) is 57.5 Å². The molecule has 32 heteroatoms. The SMILES string of the molecule is CCN(CC)c1ccc(/N=N/c2snc3snc(-c4ccc(C)c(S(=O)(=O)O)c4)c23)c(Nc2nc(Nc3cc(N(CC)CC)ccc3/N=N/c3snc4snc(-c5ccc(C)c(S(=O)(=O)O)c5)c34)nc(SCc3cccc(S(=O)(=O)O)c3)n2)c1. The van der Waals surface area contributed by atoms with Gasteiger partial charge in [0.2, 0.25) is 11.9 Å². The molecule has 0 atom stereocenters. The van der Waals surface area contributed by atoms with Crippen LogP contribution in [0.25, 0.3) is 42.9 Å². The summed E-state index contributed by atoms with van der Waals surface area (Å²) in [4.78, 5) is 19.2. The lowest BCUT2D eigenvalue weighted by Crippen LogP contribution is -2.21. The highest BCUT2D eigenvalue weighted by Gasteiger charge is 2.24. The predicted molar refractivity (Wildman–Crippen MR) is 331 cm³/mol. The van der Waals surface area contributed by atoms with Crippen molar-refractivity contribution in [3.05, 3.63) is 114 Å². The molecule has 0 aliphatic rings. The molecule has 0 aliphatic carbocycles. The molecular weight excluding hydrogens is 1240 g/mol. The molecule has 5 N–H and O–H groups in total. The van der Waals surface area contributed by atoms with Gasteiger partial charge in [0.15, 0.2) is 24.8 Å². The molecule has 0 aliphatic heterocycles. The van der Waals surface area contributed by atoms with Gasteiger partial charge in [0, 0.05) is 54.4 Å². The van der Waals surface area contributed by atoms with Crippen LogP contribution in [0.2, 0.25) is 0 Å². The van der Waals surface area contributed by atoms with Crippen LogP contribution in [0.4, 0.5) is 56.0 Å². The summed E-state index contributed by atoms with van der Waals surface area (Å²) in [6.07, 6.45) is 0. The zero-order valence-electron chi connectivity index (χ0n) is 45.1. The summed E-state index contributed by atoms with van der Waals surface area (Å²) in [6.45, 7) is 14.0. The van der Waals surface area contributed by atoms with E-state index in [1.165, 1.54) is 42.1 Å². The van der Waals surface area contributed by atoms with Crippen molar-refractivity contribution in [2.45, 2.75) is 67.1 Å². The second-order valence-corrected chi connectivity index (χ2v) is 26.5. The van der Waals surface area contributed by atoms with E-state index >= 15 is 0 Å². The summed E-state index contributed by atoms with van der Waals surface area (Å²) in [6, 6.07) is 26.4. The molecule has 84 heavy (non-hydrogen) atoms. The Labute approximate surface area is 502 Å². The second-order valence-electron chi connectivity index (χ2n) is 18.4. The normalized spacial score (nSPS) is 12.3. The summed E-state index contributed by atoms with van der Waals surface area (Å²) in [7, 11) is -13.6. The van der Waals surface area contributed by atoms with Gasteiger partial charge < -0.3 is 20.4 Å².